The molecule has 2 unspecified atom stereocenters. The number of thiophene rings is 1. The second-order valence-corrected chi connectivity index (χ2v) is 8.88. The summed E-state index contributed by atoms with van der Waals surface area (Å²) < 4.78 is 23.7. The fraction of sp³-hybridized carbons (Fsp3) is 0.583. The number of hydrogen-bond acceptors (Lipinski definition) is 5. The van der Waals surface area contributed by atoms with Crippen molar-refractivity contribution in [2.45, 2.75) is 25.4 Å². The Bertz CT molecular complexity index is 585. The van der Waals surface area contributed by atoms with E-state index in [4.69, 9.17) is 11.6 Å². The predicted molar refractivity (Wildman–Crippen MR) is 80.9 cm³/mol. The second-order valence-electron chi connectivity index (χ2n) is 4.90. The summed E-state index contributed by atoms with van der Waals surface area (Å²) >= 11 is 7.28. The summed E-state index contributed by atoms with van der Waals surface area (Å²) in [5.41, 5.74) is 0. The molecule has 20 heavy (non-hydrogen) atoms. The van der Waals surface area contributed by atoms with Gasteiger partial charge in [-0.05, 0) is 19.1 Å². The molecule has 0 saturated carbocycles. The molecule has 0 radical (unpaired) electrons. The number of amides is 1. The molecule has 0 aromatic carbocycles. The van der Waals surface area contributed by atoms with Gasteiger partial charge in [0.2, 0.25) is 5.91 Å². The van der Waals surface area contributed by atoms with E-state index in [9.17, 15) is 13.2 Å². The zero-order valence-corrected chi connectivity index (χ0v) is 13.4. The normalized spacial score (nSPS) is 23.2. The topological polar surface area (TPSA) is 75.3 Å². The van der Waals surface area contributed by atoms with Crippen LogP contribution in [0.5, 0.6) is 0 Å². The summed E-state index contributed by atoms with van der Waals surface area (Å²) in [5.74, 6) is 0.0195. The van der Waals surface area contributed by atoms with Gasteiger partial charge in [0.1, 0.15) is 0 Å². The van der Waals surface area contributed by atoms with Gasteiger partial charge in [-0.3, -0.25) is 4.79 Å². The summed E-state index contributed by atoms with van der Waals surface area (Å²) in [7, 11) is -3.01. The van der Waals surface area contributed by atoms with Crippen LogP contribution in [0, 0.1) is 0 Å². The predicted octanol–water partition coefficient (Wildman–Crippen LogP) is 1.36. The number of halogens is 1. The summed E-state index contributed by atoms with van der Waals surface area (Å²) in [4.78, 5) is 12.9. The Morgan fingerprint density at radius 2 is 2.35 bits per heavy atom. The molecule has 8 heteroatoms. The molecule has 2 atom stereocenters. The van der Waals surface area contributed by atoms with Crippen LogP contribution in [-0.2, 0) is 14.6 Å². The molecule has 0 aliphatic carbocycles. The van der Waals surface area contributed by atoms with Gasteiger partial charge in [0, 0.05) is 23.9 Å². The molecule has 0 bridgehead atoms. The molecule has 5 nitrogen and oxygen atoms in total. The van der Waals surface area contributed by atoms with E-state index in [0.29, 0.717) is 10.9 Å². The van der Waals surface area contributed by atoms with E-state index in [0.717, 1.165) is 4.88 Å². The fourth-order valence-corrected chi connectivity index (χ4v) is 4.66. The third-order valence-electron chi connectivity index (χ3n) is 3.13. The smallest absolute Gasteiger partial charge is 0.222 e. The Morgan fingerprint density at radius 3 is 2.95 bits per heavy atom. The number of hydrogen-bond donors (Lipinski definition) is 2. The average molecular weight is 337 g/mol. The third-order valence-corrected chi connectivity index (χ3v) is 6.28. The van der Waals surface area contributed by atoms with E-state index in [1.807, 2.05) is 13.0 Å². The lowest BCUT2D eigenvalue weighted by Crippen LogP contribution is -2.47. The molecule has 2 N–H and O–H groups in total. The molecule has 2 heterocycles. The van der Waals surface area contributed by atoms with E-state index in [1.54, 1.807) is 6.07 Å². The lowest BCUT2D eigenvalue weighted by Gasteiger charge is -2.23. The van der Waals surface area contributed by atoms with E-state index in [2.05, 4.69) is 10.6 Å². The highest BCUT2D eigenvalue weighted by molar-refractivity contribution is 7.91. The maximum Gasteiger partial charge on any atom is 0.222 e. The van der Waals surface area contributed by atoms with Gasteiger partial charge in [0.15, 0.2) is 9.84 Å². The van der Waals surface area contributed by atoms with Crippen LogP contribution in [0.1, 0.15) is 24.3 Å². The average Bonchev–Trinajstić information content (AvgIpc) is 2.74. The van der Waals surface area contributed by atoms with Crippen LogP contribution < -0.4 is 10.6 Å². The van der Waals surface area contributed by atoms with Crippen molar-refractivity contribution in [1.82, 2.24) is 10.6 Å². The maximum absolute atomic E-state index is 11.9. The van der Waals surface area contributed by atoms with Gasteiger partial charge in [-0.15, -0.1) is 11.3 Å². The van der Waals surface area contributed by atoms with Crippen LogP contribution in [-0.4, -0.2) is 38.4 Å². The summed E-state index contributed by atoms with van der Waals surface area (Å²) in [6.07, 6.45) is 0.169. The standard InChI is InChI=1S/C12H17ClN2O3S2/c1-8(10-2-3-11(13)19-10)15-12(16)6-9-7-20(17,18)5-4-14-9/h2-3,8-9,14H,4-7H2,1H3,(H,15,16). The molecule has 2 rings (SSSR count). The summed E-state index contributed by atoms with van der Waals surface area (Å²) in [5, 5.41) is 5.93. The molecule has 1 aromatic heterocycles. The fourth-order valence-electron chi connectivity index (χ4n) is 2.15. The van der Waals surface area contributed by atoms with Gasteiger partial charge in [0.25, 0.3) is 0 Å². The molecular weight excluding hydrogens is 320 g/mol. The van der Waals surface area contributed by atoms with Gasteiger partial charge < -0.3 is 10.6 Å². The van der Waals surface area contributed by atoms with Crippen LogP contribution >= 0.6 is 22.9 Å². The Kier molecular flexibility index (Phi) is 5.06. The maximum atomic E-state index is 11.9. The Balaban J connectivity index is 1.86. The largest absolute Gasteiger partial charge is 0.349 e. The minimum Gasteiger partial charge on any atom is -0.349 e. The first kappa shape index (κ1) is 15.8. The lowest BCUT2D eigenvalue weighted by molar-refractivity contribution is -0.122. The molecular formula is C12H17ClN2O3S2. The molecule has 1 amide bonds. The van der Waals surface area contributed by atoms with Crippen LogP contribution in [0.15, 0.2) is 12.1 Å². The molecule has 1 aliphatic rings. The number of sulfone groups is 1. The van der Waals surface area contributed by atoms with Crippen LogP contribution in [0.2, 0.25) is 4.34 Å². The van der Waals surface area contributed by atoms with Crippen molar-refractivity contribution in [3.63, 3.8) is 0 Å². The first-order valence-corrected chi connectivity index (χ1v) is 9.36. The number of carbonyl (C=O) groups is 1. The van der Waals surface area contributed by atoms with E-state index < -0.39 is 9.84 Å². The van der Waals surface area contributed by atoms with Crippen molar-refractivity contribution < 1.29 is 13.2 Å². The minimum absolute atomic E-state index is 0.0274. The quantitative estimate of drug-likeness (QED) is 0.870. The number of rotatable bonds is 4. The van der Waals surface area contributed by atoms with Crippen molar-refractivity contribution in [1.29, 1.82) is 0 Å². The van der Waals surface area contributed by atoms with E-state index in [1.165, 1.54) is 11.3 Å². The van der Waals surface area contributed by atoms with E-state index >= 15 is 0 Å². The highest BCUT2D eigenvalue weighted by atomic mass is 35.5. The first-order chi connectivity index (χ1) is 9.35. The Morgan fingerprint density at radius 1 is 1.60 bits per heavy atom. The zero-order valence-electron chi connectivity index (χ0n) is 11.1. The van der Waals surface area contributed by atoms with Crippen molar-refractivity contribution in [3.05, 3.63) is 21.3 Å². The second kappa shape index (κ2) is 6.43. The van der Waals surface area contributed by atoms with Crippen molar-refractivity contribution >= 4 is 38.7 Å². The molecule has 1 aliphatic heterocycles. The monoisotopic (exact) mass is 336 g/mol. The van der Waals surface area contributed by atoms with Crippen molar-refractivity contribution in [2.24, 2.45) is 0 Å². The summed E-state index contributed by atoms with van der Waals surface area (Å²) in [6.45, 7) is 2.29. The Labute approximate surface area is 127 Å². The summed E-state index contributed by atoms with van der Waals surface area (Å²) in [6, 6.07) is 3.24. The highest BCUT2D eigenvalue weighted by Gasteiger charge is 2.26. The minimum atomic E-state index is -3.01. The van der Waals surface area contributed by atoms with Crippen LogP contribution in [0.3, 0.4) is 0 Å². The SMILES string of the molecule is CC(NC(=O)CC1CS(=O)(=O)CCN1)c1ccc(Cl)s1. The zero-order chi connectivity index (χ0) is 14.8. The third kappa shape index (κ3) is 4.44. The van der Waals surface area contributed by atoms with Crippen molar-refractivity contribution in [2.75, 3.05) is 18.1 Å². The van der Waals surface area contributed by atoms with Gasteiger partial charge in [-0.1, -0.05) is 11.6 Å². The molecule has 1 fully saturated rings. The number of nitrogens with one attached hydrogen (secondary N) is 2. The molecule has 1 saturated heterocycles. The van der Waals surface area contributed by atoms with E-state index in [-0.39, 0.29) is 35.9 Å². The van der Waals surface area contributed by atoms with Crippen LogP contribution in [0.4, 0.5) is 0 Å². The molecule has 112 valence electrons. The van der Waals surface area contributed by atoms with Gasteiger partial charge in [-0.2, -0.15) is 0 Å². The lowest BCUT2D eigenvalue weighted by atomic mass is 10.2. The van der Waals surface area contributed by atoms with Crippen molar-refractivity contribution in [3.8, 4) is 0 Å². The molecule has 0 spiro atoms. The highest BCUT2D eigenvalue weighted by Crippen LogP contribution is 2.26. The van der Waals surface area contributed by atoms with Gasteiger partial charge >= 0.3 is 0 Å². The first-order valence-electron chi connectivity index (χ1n) is 6.34. The number of carbonyl (C=O) groups excluding carboxylic acids is 1. The molecule has 1 aromatic rings. The van der Waals surface area contributed by atoms with Gasteiger partial charge in [-0.25, -0.2) is 8.42 Å². The van der Waals surface area contributed by atoms with Crippen LogP contribution in [0.25, 0.3) is 0 Å². The van der Waals surface area contributed by atoms with Gasteiger partial charge in [0.05, 0.1) is 21.9 Å². The Hall–Kier alpha value is -0.630.